The van der Waals surface area contributed by atoms with Crippen molar-refractivity contribution in [3.8, 4) is 22.6 Å². The third-order valence-corrected chi connectivity index (χ3v) is 6.58. The van der Waals surface area contributed by atoms with Crippen molar-refractivity contribution in [2.75, 3.05) is 14.2 Å². The number of hydrogen-bond acceptors (Lipinski definition) is 5. The van der Waals surface area contributed by atoms with Gasteiger partial charge in [-0.15, -0.1) is 0 Å². The topological polar surface area (TPSA) is 57.1 Å². The van der Waals surface area contributed by atoms with Gasteiger partial charge >= 0.3 is 5.97 Å². The second-order valence-electron chi connectivity index (χ2n) is 9.21. The number of methoxy groups -OCH3 is 2. The van der Waals surface area contributed by atoms with Crippen LogP contribution in [0.15, 0.2) is 77.4 Å². The number of carbonyl (C=O) groups excluding carboxylic acids is 1. The van der Waals surface area contributed by atoms with E-state index in [1.165, 1.54) is 44.1 Å². The summed E-state index contributed by atoms with van der Waals surface area (Å²) in [5, 5.41) is 0. The number of rotatable bonds is 12. The van der Waals surface area contributed by atoms with E-state index in [9.17, 15) is 4.79 Å². The van der Waals surface area contributed by atoms with Crippen LogP contribution in [0.4, 0.5) is 0 Å². The zero-order chi connectivity index (χ0) is 26.0. The average Bonchev–Trinajstić information content (AvgIpc) is 3.30. The summed E-state index contributed by atoms with van der Waals surface area (Å²) in [6.45, 7) is 2.25. The number of aliphatic imine (C=N–C) groups is 1. The van der Waals surface area contributed by atoms with Crippen molar-refractivity contribution in [3.63, 3.8) is 0 Å². The zero-order valence-corrected chi connectivity index (χ0v) is 22.0. The Hall–Kier alpha value is -3.86. The highest BCUT2D eigenvalue weighted by Crippen LogP contribution is 2.33. The minimum Gasteiger partial charge on any atom is -0.493 e. The van der Waals surface area contributed by atoms with Crippen LogP contribution >= 0.6 is 0 Å². The number of benzene rings is 3. The molecule has 5 heteroatoms. The molecule has 1 aliphatic rings. The summed E-state index contributed by atoms with van der Waals surface area (Å²) in [7, 11) is 3.13. The van der Waals surface area contributed by atoms with Crippen molar-refractivity contribution in [1.29, 1.82) is 0 Å². The van der Waals surface area contributed by atoms with Gasteiger partial charge in [0, 0.05) is 11.1 Å². The Morgan fingerprint density at radius 3 is 2.11 bits per heavy atom. The molecule has 0 aliphatic carbocycles. The molecule has 4 rings (SSSR count). The number of cyclic esters (lactones) is 1. The molecule has 0 radical (unpaired) electrons. The molecule has 192 valence electrons. The number of hydrogen-bond donors (Lipinski definition) is 0. The molecule has 0 atom stereocenters. The van der Waals surface area contributed by atoms with Crippen molar-refractivity contribution >= 4 is 17.9 Å². The van der Waals surface area contributed by atoms with Crippen LogP contribution in [0.5, 0.6) is 11.5 Å². The smallest absolute Gasteiger partial charge is 0.363 e. The van der Waals surface area contributed by atoms with Gasteiger partial charge in [0.25, 0.3) is 0 Å². The van der Waals surface area contributed by atoms with Gasteiger partial charge in [0.2, 0.25) is 5.90 Å². The molecule has 5 nitrogen and oxygen atoms in total. The predicted molar refractivity (Wildman–Crippen MR) is 149 cm³/mol. The standard InChI is InChI=1S/C32H35NO4/c1-4-5-6-7-8-9-11-23-14-16-24(17-15-23)25-18-20-26(21-19-25)31-33-28(32(34)37-31)22-27-12-10-13-29(35-2)30(27)36-3/h10,12-22H,4-9,11H2,1-3H3. The van der Waals surface area contributed by atoms with Crippen LogP contribution < -0.4 is 9.47 Å². The summed E-state index contributed by atoms with van der Waals surface area (Å²) in [4.78, 5) is 16.9. The first-order valence-electron chi connectivity index (χ1n) is 13.1. The van der Waals surface area contributed by atoms with E-state index in [2.05, 4.69) is 36.2 Å². The molecule has 0 bridgehead atoms. The van der Waals surface area contributed by atoms with Gasteiger partial charge in [-0.2, -0.15) is 0 Å². The number of para-hydroxylation sites is 1. The van der Waals surface area contributed by atoms with Crippen molar-refractivity contribution in [2.45, 2.75) is 51.9 Å². The van der Waals surface area contributed by atoms with Crippen molar-refractivity contribution in [3.05, 3.63) is 89.1 Å². The molecule has 3 aromatic rings. The number of unbranched alkanes of at least 4 members (excludes halogenated alkanes) is 5. The van der Waals surface area contributed by atoms with Crippen molar-refractivity contribution < 1.29 is 19.0 Å². The van der Waals surface area contributed by atoms with Gasteiger partial charge in [0.05, 0.1) is 14.2 Å². The molecular formula is C32H35NO4. The quantitative estimate of drug-likeness (QED) is 0.147. The highest BCUT2D eigenvalue weighted by Gasteiger charge is 2.25. The minimum atomic E-state index is -0.495. The fraction of sp³-hybridized carbons (Fsp3) is 0.312. The molecule has 0 amide bonds. The third kappa shape index (κ3) is 6.67. The van der Waals surface area contributed by atoms with E-state index in [1.807, 2.05) is 36.4 Å². The van der Waals surface area contributed by atoms with Crippen LogP contribution in [-0.2, 0) is 16.0 Å². The maximum Gasteiger partial charge on any atom is 0.363 e. The van der Waals surface area contributed by atoms with E-state index < -0.39 is 5.97 Å². The molecule has 1 heterocycles. The maximum absolute atomic E-state index is 12.5. The van der Waals surface area contributed by atoms with E-state index in [1.54, 1.807) is 26.4 Å². The van der Waals surface area contributed by atoms with Gasteiger partial charge in [0.15, 0.2) is 17.2 Å². The predicted octanol–water partition coefficient (Wildman–Crippen LogP) is 7.62. The maximum atomic E-state index is 12.5. The van der Waals surface area contributed by atoms with Gasteiger partial charge < -0.3 is 14.2 Å². The molecular weight excluding hydrogens is 462 g/mol. The lowest BCUT2D eigenvalue weighted by Crippen LogP contribution is -2.05. The first kappa shape index (κ1) is 26.2. The molecule has 0 aromatic heterocycles. The van der Waals surface area contributed by atoms with Crippen LogP contribution in [0.2, 0.25) is 0 Å². The lowest BCUT2D eigenvalue weighted by Gasteiger charge is -2.09. The summed E-state index contributed by atoms with van der Waals surface area (Å²) in [5.41, 5.74) is 5.31. The molecule has 3 aromatic carbocycles. The number of aryl methyl sites for hydroxylation is 1. The SMILES string of the molecule is CCCCCCCCc1ccc(-c2ccc(C3=NC(=Cc4cccc(OC)c4OC)C(=O)O3)cc2)cc1. The van der Waals surface area contributed by atoms with E-state index in [4.69, 9.17) is 14.2 Å². The monoisotopic (exact) mass is 497 g/mol. The first-order chi connectivity index (χ1) is 18.1. The lowest BCUT2D eigenvalue weighted by molar-refractivity contribution is -0.129. The molecule has 0 fully saturated rings. The fourth-order valence-corrected chi connectivity index (χ4v) is 4.48. The van der Waals surface area contributed by atoms with Crippen LogP contribution in [0, 0.1) is 0 Å². The summed E-state index contributed by atoms with van der Waals surface area (Å²) in [6.07, 6.45) is 10.7. The van der Waals surface area contributed by atoms with E-state index >= 15 is 0 Å². The largest absolute Gasteiger partial charge is 0.493 e. The van der Waals surface area contributed by atoms with Crippen molar-refractivity contribution in [1.82, 2.24) is 0 Å². The van der Waals surface area contributed by atoms with Gasteiger partial charge in [-0.25, -0.2) is 9.79 Å². The Morgan fingerprint density at radius 2 is 1.43 bits per heavy atom. The summed E-state index contributed by atoms with van der Waals surface area (Å²) in [5.74, 6) is 0.915. The Labute approximate surface area is 219 Å². The molecule has 0 N–H and O–H groups in total. The molecule has 37 heavy (non-hydrogen) atoms. The second-order valence-corrected chi connectivity index (χ2v) is 9.21. The molecule has 0 saturated carbocycles. The second kappa shape index (κ2) is 12.9. The Morgan fingerprint density at radius 1 is 0.784 bits per heavy atom. The summed E-state index contributed by atoms with van der Waals surface area (Å²) in [6, 6.07) is 22.2. The highest BCUT2D eigenvalue weighted by atomic mass is 16.6. The third-order valence-electron chi connectivity index (χ3n) is 6.58. The number of ether oxygens (including phenoxy) is 3. The Bertz CT molecular complexity index is 1260. The zero-order valence-electron chi connectivity index (χ0n) is 22.0. The van der Waals surface area contributed by atoms with Crippen molar-refractivity contribution in [2.24, 2.45) is 4.99 Å². The highest BCUT2D eigenvalue weighted by molar-refractivity contribution is 6.13. The first-order valence-corrected chi connectivity index (χ1v) is 13.1. The van der Waals surface area contributed by atoms with Crippen LogP contribution in [0.1, 0.15) is 62.1 Å². The fourth-order valence-electron chi connectivity index (χ4n) is 4.48. The number of nitrogens with zero attached hydrogens (tertiary/aromatic N) is 1. The Balaban J connectivity index is 1.42. The van der Waals surface area contributed by atoms with Gasteiger partial charge in [-0.3, -0.25) is 0 Å². The normalized spacial score (nSPS) is 14.0. The van der Waals surface area contributed by atoms with Gasteiger partial charge in [-0.05, 0) is 53.8 Å². The lowest BCUT2D eigenvalue weighted by atomic mass is 10.00. The number of esters is 1. The van der Waals surface area contributed by atoms with Crippen LogP contribution in [0.3, 0.4) is 0 Å². The molecule has 0 spiro atoms. The minimum absolute atomic E-state index is 0.214. The van der Waals surface area contributed by atoms with E-state index in [0.717, 1.165) is 23.1 Å². The molecule has 1 aliphatic heterocycles. The summed E-state index contributed by atoms with van der Waals surface area (Å²) < 4.78 is 16.3. The van der Waals surface area contributed by atoms with Crippen LogP contribution in [0.25, 0.3) is 17.2 Å². The Kier molecular flexibility index (Phi) is 9.14. The molecule has 0 unspecified atom stereocenters. The number of carbonyl (C=O) groups is 1. The van der Waals surface area contributed by atoms with Crippen LogP contribution in [-0.4, -0.2) is 26.1 Å². The summed E-state index contributed by atoms with van der Waals surface area (Å²) >= 11 is 0. The average molecular weight is 498 g/mol. The van der Waals surface area contributed by atoms with E-state index in [0.29, 0.717) is 23.0 Å². The van der Waals surface area contributed by atoms with Gasteiger partial charge in [0.1, 0.15) is 0 Å². The molecule has 0 saturated heterocycles. The van der Waals surface area contributed by atoms with E-state index in [-0.39, 0.29) is 5.70 Å². The van der Waals surface area contributed by atoms with Gasteiger partial charge in [-0.1, -0.05) is 87.6 Å².